The minimum absolute atomic E-state index is 0.0698. The van der Waals surface area contributed by atoms with Crippen LogP contribution in [0.1, 0.15) is 6.42 Å². The largest absolute Gasteiger partial charge is 0.394 e. The number of aliphatic hydroxyl groups is 7. The monoisotopic (exact) mass is 716 g/mol. The van der Waals surface area contributed by atoms with Crippen molar-refractivity contribution in [3.05, 3.63) is 0 Å². The number of nitrogens with one attached hydrogen (secondary N) is 1. The van der Waals surface area contributed by atoms with Gasteiger partial charge in [-0.15, -0.1) is 0 Å². The van der Waals surface area contributed by atoms with Gasteiger partial charge in [-0.3, -0.25) is 5.21 Å². The third-order valence-corrected chi connectivity index (χ3v) is 9.21. The summed E-state index contributed by atoms with van der Waals surface area (Å²) in [6, 6.07) is -5.90. The van der Waals surface area contributed by atoms with Crippen molar-refractivity contribution < 1.29 is 74.2 Å². The molecule has 286 valence electrons. The molecule has 0 aromatic rings. The lowest BCUT2D eigenvalue weighted by Crippen LogP contribution is -2.69. The van der Waals surface area contributed by atoms with Gasteiger partial charge in [-0.1, -0.05) is 0 Å². The SMILES string of the molecule is NCCN(O)C(=O)NC1CC(N)C(OC2OC(CN)C(O)C(O)C2N)C(OC2OC(CO)C(OC3OC(CN)C(O)C(O)C3N)C2O)C1O. The molecule has 49 heavy (non-hydrogen) atoms. The molecular weight excluding hydrogens is 664 g/mol. The lowest BCUT2D eigenvalue weighted by atomic mass is 9.83. The Hall–Kier alpha value is -1.53. The number of hydrogen-bond donors (Lipinski definition) is 15. The van der Waals surface area contributed by atoms with Crippen molar-refractivity contribution in [1.29, 1.82) is 0 Å². The summed E-state index contributed by atoms with van der Waals surface area (Å²) in [6.07, 6.45) is -21.8. The van der Waals surface area contributed by atoms with Crippen LogP contribution in [0.25, 0.3) is 0 Å². The van der Waals surface area contributed by atoms with Gasteiger partial charge >= 0.3 is 6.03 Å². The molecule has 19 atom stereocenters. The zero-order valence-electron chi connectivity index (χ0n) is 26.6. The number of nitrogens with zero attached hydrogens (tertiary/aromatic N) is 1. The van der Waals surface area contributed by atoms with Gasteiger partial charge in [-0.05, 0) is 6.42 Å². The Kier molecular flexibility index (Phi) is 14.2. The smallest absolute Gasteiger partial charge is 0.341 e. The average molecular weight is 717 g/mol. The van der Waals surface area contributed by atoms with Gasteiger partial charge in [0.2, 0.25) is 0 Å². The van der Waals surface area contributed by atoms with Crippen LogP contribution in [0.15, 0.2) is 0 Å². The number of rotatable bonds is 12. The van der Waals surface area contributed by atoms with Gasteiger partial charge in [-0.25, -0.2) is 9.86 Å². The van der Waals surface area contributed by atoms with Crippen LogP contribution >= 0.6 is 0 Å². The summed E-state index contributed by atoms with van der Waals surface area (Å²) < 4.78 is 34.9. The first-order valence-electron chi connectivity index (χ1n) is 15.9. The molecule has 0 aromatic heterocycles. The van der Waals surface area contributed by atoms with Crippen LogP contribution < -0.4 is 39.7 Å². The molecule has 1 aliphatic carbocycles. The third kappa shape index (κ3) is 8.58. The van der Waals surface area contributed by atoms with Crippen LogP contribution in [0.3, 0.4) is 0 Å². The molecule has 0 radical (unpaired) electrons. The van der Waals surface area contributed by atoms with Crippen molar-refractivity contribution >= 4 is 6.03 Å². The molecule has 0 spiro atoms. The Morgan fingerprint density at radius 3 is 1.67 bits per heavy atom. The van der Waals surface area contributed by atoms with E-state index in [1.165, 1.54) is 0 Å². The molecule has 4 rings (SSSR count). The summed E-state index contributed by atoms with van der Waals surface area (Å²) in [5.74, 6) is 0. The second-order valence-electron chi connectivity index (χ2n) is 12.6. The molecule has 0 bridgehead atoms. The highest BCUT2D eigenvalue weighted by Gasteiger charge is 2.55. The normalized spacial score (nSPS) is 47.6. The number of hydrogen-bond acceptors (Lipinski definition) is 21. The highest BCUT2D eigenvalue weighted by atomic mass is 16.8. The van der Waals surface area contributed by atoms with E-state index in [1.807, 2.05) is 0 Å². The van der Waals surface area contributed by atoms with E-state index in [0.717, 1.165) is 0 Å². The van der Waals surface area contributed by atoms with Crippen molar-refractivity contribution in [2.45, 2.75) is 123 Å². The van der Waals surface area contributed by atoms with E-state index in [9.17, 15) is 45.7 Å². The molecule has 0 aromatic carbocycles. The Morgan fingerprint density at radius 1 is 0.694 bits per heavy atom. The first kappa shape index (κ1) is 40.2. The lowest BCUT2D eigenvalue weighted by Gasteiger charge is -2.48. The first-order chi connectivity index (χ1) is 23.2. The maximum atomic E-state index is 12.6. The van der Waals surface area contributed by atoms with Crippen LogP contribution in [0.2, 0.25) is 0 Å². The van der Waals surface area contributed by atoms with E-state index in [4.69, 9.17) is 62.8 Å². The van der Waals surface area contributed by atoms with E-state index >= 15 is 0 Å². The second-order valence-corrected chi connectivity index (χ2v) is 12.6. The van der Waals surface area contributed by atoms with Crippen LogP contribution in [-0.2, 0) is 28.4 Å². The van der Waals surface area contributed by atoms with E-state index in [1.54, 1.807) is 0 Å². The highest BCUT2D eigenvalue weighted by Crippen LogP contribution is 2.34. The van der Waals surface area contributed by atoms with Gasteiger partial charge in [0.15, 0.2) is 18.9 Å². The topological polar surface area (TPSA) is 406 Å². The molecule has 21 N–H and O–H groups in total. The zero-order chi connectivity index (χ0) is 36.3. The number of urea groups is 1. The van der Waals surface area contributed by atoms with E-state index < -0.39 is 129 Å². The number of aliphatic hydroxyl groups excluding tert-OH is 7. The average Bonchev–Trinajstić information content (AvgIpc) is 3.38. The lowest BCUT2D eigenvalue weighted by molar-refractivity contribution is -0.307. The van der Waals surface area contributed by atoms with Gasteiger partial charge in [0.05, 0.1) is 31.3 Å². The predicted octanol–water partition coefficient (Wildman–Crippen LogP) is -9.49. The van der Waals surface area contributed by atoms with Gasteiger partial charge in [0.25, 0.3) is 0 Å². The zero-order valence-corrected chi connectivity index (χ0v) is 26.6. The quantitative estimate of drug-likeness (QED) is 0.0658. The molecule has 23 heteroatoms. The summed E-state index contributed by atoms with van der Waals surface area (Å²) in [4.78, 5) is 12.6. The fourth-order valence-corrected chi connectivity index (χ4v) is 6.31. The van der Waals surface area contributed by atoms with Crippen molar-refractivity contribution in [3.63, 3.8) is 0 Å². The Labute approximate surface area is 280 Å². The summed E-state index contributed by atoms with van der Waals surface area (Å²) in [7, 11) is 0. The van der Waals surface area contributed by atoms with Crippen molar-refractivity contribution in [2.24, 2.45) is 34.4 Å². The van der Waals surface area contributed by atoms with Crippen LogP contribution in [0, 0.1) is 0 Å². The Morgan fingerprint density at radius 2 is 1.18 bits per heavy atom. The fourth-order valence-electron chi connectivity index (χ4n) is 6.31. The van der Waals surface area contributed by atoms with Crippen LogP contribution in [0.5, 0.6) is 0 Å². The highest BCUT2D eigenvalue weighted by molar-refractivity contribution is 5.73. The molecule has 23 nitrogen and oxygen atoms in total. The van der Waals surface area contributed by atoms with E-state index in [2.05, 4.69) is 5.32 Å². The Bertz CT molecular complexity index is 1060. The molecule has 4 aliphatic rings. The molecular formula is C26H52N8O15. The first-order valence-corrected chi connectivity index (χ1v) is 15.9. The number of nitrogens with two attached hydrogens (primary N) is 6. The minimum Gasteiger partial charge on any atom is -0.394 e. The standard InChI is InChI=1S/C26H52N8O15/c27-1-2-34(43)26(42)33-8-3-7(30)20(47-23-12(31)17(39)15(37)9(4-28)44-23)22(14(8)36)49-25-19(41)21(11(6-35)46-25)48-24-13(32)18(40)16(38)10(5-29)45-24/h7-25,35-41,43H,1-6,27-32H2,(H,33,42). The number of carbonyl (C=O) groups is 1. The molecule has 1 saturated carbocycles. The number of hydroxylamine groups is 2. The molecule has 4 fully saturated rings. The number of carbonyl (C=O) groups excluding carboxylic acids is 1. The van der Waals surface area contributed by atoms with E-state index in [0.29, 0.717) is 5.06 Å². The number of ether oxygens (including phenoxy) is 6. The van der Waals surface area contributed by atoms with Crippen molar-refractivity contribution in [1.82, 2.24) is 10.4 Å². The van der Waals surface area contributed by atoms with Crippen LogP contribution in [0.4, 0.5) is 4.79 Å². The third-order valence-electron chi connectivity index (χ3n) is 9.21. The van der Waals surface area contributed by atoms with Gasteiger partial charge in [-0.2, -0.15) is 0 Å². The molecule has 19 unspecified atom stereocenters. The molecule has 2 amide bonds. The molecule has 3 heterocycles. The van der Waals surface area contributed by atoms with Crippen molar-refractivity contribution in [2.75, 3.05) is 32.8 Å². The predicted molar refractivity (Wildman–Crippen MR) is 160 cm³/mol. The molecule has 3 saturated heterocycles. The Balaban J connectivity index is 1.57. The summed E-state index contributed by atoms with van der Waals surface area (Å²) in [6.45, 7) is -1.46. The second kappa shape index (κ2) is 17.3. The van der Waals surface area contributed by atoms with Gasteiger partial charge < -0.3 is 104 Å². The maximum absolute atomic E-state index is 12.6. The van der Waals surface area contributed by atoms with Crippen molar-refractivity contribution in [3.8, 4) is 0 Å². The fraction of sp³-hybridized carbons (Fsp3) is 0.962. The summed E-state index contributed by atoms with van der Waals surface area (Å²) in [5, 5.41) is 86.9. The summed E-state index contributed by atoms with van der Waals surface area (Å²) >= 11 is 0. The summed E-state index contributed by atoms with van der Waals surface area (Å²) in [5.41, 5.74) is 35.2. The van der Waals surface area contributed by atoms with Gasteiger partial charge in [0.1, 0.15) is 73.2 Å². The van der Waals surface area contributed by atoms with E-state index in [-0.39, 0.29) is 32.6 Å². The van der Waals surface area contributed by atoms with Gasteiger partial charge in [0, 0.05) is 25.7 Å². The number of amides is 2. The molecule has 3 aliphatic heterocycles. The minimum atomic E-state index is -1.73. The maximum Gasteiger partial charge on any atom is 0.341 e. The van der Waals surface area contributed by atoms with Crippen LogP contribution in [-0.4, -0.2) is 201 Å².